The number of nitrogens with zero attached hydrogens (tertiary/aromatic N) is 1. The third-order valence-corrected chi connectivity index (χ3v) is 4.77. The van der Waals surface area contributed by atoms with Crippen LogP contribution in [0.4, 0.5) is 5.69 Å². The molecule has 0 bridgehead atoms. The van der Waals surface area contributed by atoms with E-state index in [0.29, 0.717) is 23.7 Å². The molecule has 0 heterocycles. The highest BCUT2D eigenvalue weighted by Crippen LogP contribution is 2.29. The maximum absolute atomic E-state index is 12.6. The number of nitriles is 1. The predicted octanol–water partition coefficient (Wildman–Crippen LogP) is 5.76. The smallest absolute Gasteiger partial charge is 0.266 e. The van der Waals surface area contributed by atoms with E-state index >= 15 is 0 Å². The highest BCUT2D eigenvalue weighted by molar-refractivity contribution is 6.10. The number of ether oxygens (including phenoxy) is 2. The number of methoxy groups -OCH3 is 1. The number of hydrogen-bond acceptors (Lipinski definition) is 4. The molecule has 2 aromatic carbocycles. The van der Waals surface area contributed by atoms with E-state index < -0.39 is 5.91 Å². The van der Waals surface area contributed by atoms with Crippen molar-refractivity contribution < 1.29 is 14.3 Å². The fourth-order valence-corrected chi connectivity index (χ4v) is 3.06. The quantitative estimate of drug-likeness (QED) is 0.292. The van der Waals surface area contributed by atoms with Gasteiger partial charge in [0.25, 0.3) is 5.91 Å². The molecule has 0 saturated heterocycles. The van der Waals surface area contributed by atoms with Gasteiger partial charge in [-0.2, -0.15) is 5.26 Å². The summed E-state index contributed by atoms with van der Waals surface area (Å²) in [5.41, 5.74) is 2.46. The number of amides is 1. The number of carbonyl (C=O) groups excluding carboxylic acids is 1. The molecule has 0 fully saturated rings. The summed E-state index contributed by atoms with van der Waals surface area (Å²) in [6.45, 7) is 4.83. The number of para-hydroxylation sites is 1. The normalized spacial score (nSPS) is 10.9. The number of nitrogens with one attached hydrogen (secondary N) is 1. The molecule has 5 nitrogen and oxygen atoms in total. The van der Waals surface area contributed by atoms with Crippen LogP contribution >= 0.6 is 0 Å². The second kappa shape index (κ2) is 12.3. The summed E-state index contributed by atoms with van der Waals surface area (Å²) in [4.78, 5) is 12.6. The van der Waals surface area contributed by atoms with Crippen LogP contribution in [0.15, 0.2) is 48.0 Å². The molecule has 0 aromatic heterocycles. The highest BCUT2D eigenvalue weighted by Gasteiger charge is 2.12. The summed E-state index contributed by atoms with van der Waals surface area (Å²) in [5.74, 6) is 0.799. The lowest BCUT2D eigenvalue weighted by atomic mass is 10.1. The average molecular weight is 407 g/mol. The van der Waals surface area contributed by atoms with Crippen molar-refractivity contribution in [1.29, 1.82) is 5.26 Å². The van der Waals surface area contributed by atoms with Gasteiger partial charge in [-0.3, -0.25) is 4.79 Å². The molecule has 0 aliphatic rings. The van der Waals surface area contributed by atoms with Crippen LogP contribution in [0.25, 0.3) is 6.08 Å². The van der Waals surface area contributed by atoms with Crippen molar-refractivity contribution in [1.82, 2.24) is 0 Å². The van der Waals surface area contributed by atoms with Crippen LogP contribution in [0.2, 0.25) is 0 Å². The zero-order valence-corrected chi connectivity index (χ0v) is 18.0. The molecular formula is C25H30N2O3. The molecule has 0 radical (unpaired) electrons. The topological polar surface area (TPSA) is 71.3 Å². The SMILES string of the molecule is CCCCCCOc1ccc(/C=C(\C#N)C(=O)Nc2ccccc2CC)cc1OC. The van der Waals surface area contributed by atoms with E-state index in [0.717, 1.165) is 30.5 Å². The maximum Gasteiger partial charge on any atom is 0.266 e. The van der Waals surface area contributed by atoms with Gasteiger partial charge in [0.05, 0.1) is 13.7 Å². The van der Waals surface area contributed by atoms with Crippen molar-refractivity contribution in [2.45, 2.75) is 46.0 Å². The van der Waals surface area contributed by atoms with Gasteiger partial charge in [0.15, 0.2) is 11.5 Å². The Labute approximate surface area is 179 Å². The van der Waals surface area contributed by atoms with Gasteiger partial charge < -0.3 is 14.8 Å². The number of hydrogen-bond donors (Lipinski definition) is 1. The van der Waals surface area contributed by atoms with Crippen molar-refractivity contribution >= 4 is 17.7 Å². The van der Waals surface area contributed by atoms with Crippen LogP contribution in [0.1, 0.15) is 50.7 Å². The molecule has 158 valence electrons. The van der Waals surface area contributed by atoms with Gasteiger partial charge in [-0.25, -0.2) is 0 Å². The Morgan fingerprint density at radius 3 is 2.60 bits per heavy atom. The first-order chi connectivity index (χ1) is 14.6. The van der Waals surface area contributed by atoms with E-state index in [4.69, 9.17) is 9.47 Å². The van der Waals surface area contributed by atoms with Crippen LogP contribution < -0.4 is 14.8 Å². The molecule has 0 saturated carbocycles. The minimum Gasteiger partial charge on any atom is -0.493 e. The second-order valence-corrected chi connectivity index (χ2v) is 6.95. The van der Waals surface area contributed by atoms with E-state index in [9.17, 15) is 10.1 Å². The molecule has 0 aliphatic heterocycles. The molecule has 1 amide bonds. The Balaban J connectivity index is 2.12. The maximum atomic E-state index is 12.6. The fourth-order valence-electron chi connectivity index (χ4n) is 3.06. The summed E-state index contributed by atoms with van der Waals surface area (Å²) < 4.78 is 11.3. The van der Waals surface area contributed by atoms with Crippen LogP contribution in [0.3, 0.4) is 0 Å². The van der Waals surface area contributed by atoms with Crippen LogP contribution in [0, 0.1) is 11.3 Å². The second-order valence-electron chi connectivity index (χ2n) is 6.95. The van der Waals surface area contributed by atoms with Gasteiger partial charge in [0.1, 0.15) is 11.6 Å². The Kier molecular flexibility index (Phi) is 9.47. The van der Waals surface area contributed by atoms with Crippen LogP contribution in [0.5, 0.6) is 11.5 Å². The number of carbonyl (C=O) groups is 1. The minimum atomic E-state index is -0.436. The Morgan fingerprint density at radius 2 is 1.90 bits per heavy atom. The predicted molar refractivity (Wildman–Crippen MR) is 121 cm³/mol. The zero-order valence-electron chi connectivity index (χ0n) is 18.0. The first-order valence-electron chi connectivity index (χ1n) is 10.4. The van der Waals surface area contributed by atoms with Gasteiger partial charge in [0, 0.05) is 5.69 Å². The molecule has 0 spiro atoms. The van der Waals surface area contributed by atoms with Gasteiger partial charge in [0.2, 0.25) is 0 Å². The lowest BCUT2D eigenvalue weighted by Gasteiger charge is -2.12. The molecule has 30 heavy (non-hydrogen) atoms. The standard InChI is InChI=1S/C25H30N2O3/c1-4-6-7-10-15-30-23-14-13-19(17-24(23)29-3)16-21(18-26)25(28)27-22-12-9-8-11-20(22)5-2/h8-9,11-14,16-17H,4-7,10,15H2,1-3H3,(H,27,28)/b21-16+. The third-order valence-electron chi connectivity index (χ3n) is 4.77. The molecule has 2 rings (SSSR count). The molecule has 0 atom stereocenters. The largest absolute Gasteiger partial charge is 0.493 e. The minimum absolute atomic E-state index is 0.0243. The number of unbranched alkanes of at least 4 members (excludes halogenated alkanes) is 3. The van der Waals surface area contributed by atoms with Crippen molar-refractivity contribution in [3.63, 3.8) is 0 Å². The first kappa shape index (κ1) is 23.0. The van der Waals surface area contributed by atoms with Crippen LogP contribution in [-0.4, -0.2) is 19.6 Å². The molecule has 1 N–H and O–H groups in total. The Bertz CT molecular complexity index is 913. The summed E-state index contributed by atoms with van der Waals surface area (Å²) in [7, 11) is 1.58. The van der Waals surface area contributed by atoms with E-state index in [-0.39, 0.29) is 5.57 Å². The summed E-state index contributed by atoms with van der Waals surface area (Å²) in [6.07, 6.45) is 6.86. The number of benzene rings is 2. The van der Waals surface area contributed by atoms with Gasteiger partial charge in [-0.05, 0) is 48.2 Å². The average Bonchev–Trinajstić information content (AvgIpc) is 2.78. The molecule has 2 aromatic rings. The van der Waals surface area contributed by atoms with E-state index in [1.165, 1.54) is 12.8 Å². The lowest BCUT2D eigenvalue weighted by molar-refractivity contribution is -0.112. The number of rotatable bonds is 11. The summed E-state index contributed by atoms with van der Waals surface area (Å²) >= 11 is 0. The van der Waals surface area contributed by atoms with E-state index in [2.05, 4.69) is 12.2 Å². The van der Waals surface area contributed by atoms with Gasteiger partial charge in [-0.15, -0.1) is 0 Å². The zero-order chi connectivity index (χ0) is 21.8. The summed E-state index contributed by atoms with van der Waals surface area (Å²) in [5, 5.41) is 12.3. The fraction of sp³-hybridized carbons (Fsp3) is 0.360. The summed E-state index contributed by atoms with van der Waals surface area (Å²) in [6, 6.07) is 15.0. The first-order valence-corrected chi connectivity index (χ1v) is 10.4. The van der Waals surface area contributed by atoms with Crippen molar-refractivity contribution in [2.24, 2.45) is 0 Å². The van der Waals surface area contributed by atoms with Crippen molar-refractivity contribution in [3.8, 4) is 17.6 Å². The molecule has 0 unspecified atom stereocenters. The van der Waals surface area contributed by atoms with E-state index in [1.54, 1.807) is 19.3 Å². The third kappa shape index (κ3) is 6.66. The number of anilines is 1. The molecule has 0 aliphatic carbocycles. The number of aryl methyl sites for hydroxylation is 1. The van der Waals surface area contributed by atoms with Gasteiger partial charge >= 0.3 is 0 Å². The Morgan fingerprint density at radius 1 is 1.10 bits per heavy atom. The van der Waals surface area contributed by atoms with Crippen LogP contribution in [-0.2, 0) is 11.2 Å². The van der Waals surface area contributed by atoms with Gasteiger partial charge in [-0.1, -0.05) is 57.4 Å². The van der Waals surface area contributed by atoms with Crippen molar-refractivity contribution in [3.05, 3.63) is 59.2 Å². The van der Waals surface area contributed by atoms with E-state index in [1.807, 2.05) is 49.4 Å². The monoisotopic (exact) mass is 406 g/mol. The molecular weight excluding hydrogens is 376 g/mol. The Hall–Kier alpha value is -3.26. The van der Waals surface area contributed by atoms with Crippen molar-refractivity contribution in [2.75, 3.05) is 19.0 Å². The highest BCUT2D eigenvalue weighted by atomic mass is 16.5. The molecule has 5 heteroatoms. The lowest BCUT2D eigenvalue weighted by Crippen LogP contribution is -2.14.